The summed E-state index contributed by atoms with van der Waals surface area (Å²) in [6.45, 7) is 3.96. The zero-order chi connectivity index (χ0) is 19.3. The fraction of sp³-hybridized carbons (Fsp3) is 0.273. The number of nitrogens with one attached hydrogen (secondary N) is 1. The van der Waals surface area contributed by atoms with Crippen molar-refractivity contribution in [1.29, 1.82) is 0 Å². The maximum Gasteiger partial charge on any atom is 0.262 e. The third-order valence-corrected chi connectivity index (χ3v) is 4.99. The highest BCUT2D eigenvalue weighted by Crippen LogP contribution is 2.29. The van der Waals surface area contributed by atoms with Gasteiger partial charge in [0.15, 0.2) is 6.61 Å². The summed E-state index contributed by atoms with van der Waals surface area (Å²) in [7, 11) is 0. The van der Waals surface area contributed by atoms with Gasteiger partial charge in [-0.1, -0.05) is 42.5 Å². The number of carbonyl (C=O) groups excluding carboxylic acids is 2. The van der Waals surface area contributed by atoms with Crippen LogP contribution in [0.2, 0.25) is 0 Å². The number of hydrogen-bond donors (Lipinski definition) is 1. The smallest absolute Gasteiger partial charge is 0.262 e. The summed E-state index contributed by atoms with van der Waals surface area (Å²) in [5, 5.41) is 2.75. The van der Waals surface area contributed by atoms with Crippen molar-refractivity contribution < 1.29 is 14.3 Å². The lowest BCUT2D eigenvalue weighted by molar-refractivity contribution is -0.118. The standard InChI is InChI=1S/C22H23N3O3/c26-21-16-28-20-9-8-18(15-19(20)23-21)22(27)25-13-11-24(12-14-25)10-4-7-17-5-2-1-3-6-17/h1-9,15H,10-14,16H2,(H,23,26)/b7-4+. The Labute approximate surface area is 164 Å². The van der Waals surface area contributed by atoms with Gasteiger partial charge in [0.1, 0.15) is 5.75 Å². The third-order valence-electron chi connectivity index (χ3n) is 4.99. The minimum absolute atomic E-state index is 0.0119. The Morgan fingerprint density at radius 2 is 1.86 bits per heavy atom. The van der Waals surface area contributed by atoms with E-state index in [1.807, 2.05) is 23.1 Å². The van der Waals surface area contributed by atoms with E-state index >= 15 is 0 Å². The van der Waals surface area contributed by atoms with E-state index in [0.29, 0.717) is 30.1 Å². The predicted octanol–water partition coefficient (Wildman–Crippen LogP) is 2.49. The van der Waals surface area contributed by atoms with Crippen LogP contribution in [-0.4, -0.2) is 60.9 Å². The van der Waals surface area contributed by atoms with E-state index in [1.54, 1.807) is 18.2 Å². The fourth-order valence-electron chi connectivity index (χ4n) is 3.43. The SMILES string of the molecule is O=C1COc2ccc(C(=O)N3CCN(C/C=C/c4ccccc4)CC3)cc2N1. The molecule has 0 atom stereocenters. The minimum Gasteiger partial charge on any atom is -0.482 e. The molecule has 2 aromatic carbocycles. The molecule has 144 valence electrons. The molecule has 28 heavy (non-hydrogen) atoms. The Kier molecular flexibility index (Phi) is 5.39. The first-order valence-electron chi connectivity index (χ1n) is 9.49. The van der Waals surface area contributed by atoms with E-state index in [4.69, 9.17) is 4.74 Å². The molecule has 2 amide bonds. The Morgan fingerprint density at radius 3 is 2.64 bits per heavy atom. The highest BCUT2D eigenvalue weighted by atomic mass is 16.5. The molecule has 2 aliphatic heterocycles. The van der Waals surface area contributed by atoms with Gasteiger partial charge in [0, 0.05) is 38.3 Å². The second kappa shape index (κ2) is 8.27. The van der Waals surface area contributed by atoms with Gasteiger partial charge in [0.05, 0.1) is 5.69 Å². The lowest BCUT2D eigenvalue weighted by Crippen LogP contribution is -2.48. The van der Waals surface area contributed by atoms with Crippen molar-refractivity contribution in [2.75, 3.05) is 44.6 Å². The summed E-state index contributed by atoms with van der Waals surface area (Å²) in [4.78, 5) is 28.5. The van der Waals surface area contributed by atoms with Crippen LogP contribution in [0.4, 0.5) is 5.69 Å². The van der Waals surface area contributed by atoms with Crippen LogP contribution < -0.4 is 10.1 Å². The van der Waals surface area contributed by atoms with Crippen LogP contribution in [0.3, 0.4) is 0 Å². The van der Waals surface area contributed by atoms with Gasteiger partial charge in [-0.15, -0.1) is 0 Å². The van der Waals surface area contributed by atoms with Crippen LogP contribution in [0.25, 0.3) is 6.08 Å². The van der Waals surface area contributed by atoms with Gasteiger partial charge in [-0.05, 0) is 23.8 Å². The molecule has 1 N–H and O–H groups in total. The first kappa shape index (κ1) is 18.3. The molecule has 0 saturated carbocycles. The molecule has 0 spiro atoms. The zero-order valence-corrected chi connectivity index (χ0v) is 15.6. The van der Waals surface area contributed by atoms with Gasteiger partial charge < -0.3 is 15.0 Å². The molecule has 2 aliphatic rings. The largest absolute Gasteiger partial charge is 0.482 e. The van der Waals surface area contributed by atoms with E-state index in [9.17, 15) is 9.59 Å². The Morgan fingerprint density at radius 1 is 1.07 bits per heavy atom. The Bertz CT molecular complexity index is 887. The molecule has 0 radical (unpaired) electrons. The van der Waals surface area contributed by atoms with Crippen LogP contribution >= 0.6 is 0 Å². The van der Waals surface area contributed by atoms with Gasteiger partial charge in [-0.2, -0.15) is 0 Å². The number of nitrogens with zero attached hydrogens (tertiary/aromatic N) is 2. The summed E-state index contributed by atoms with van der Waals surface area (Å²) >= 11 is 0. The fourth-order valence-corrected chi connectivity index (χ4v) is 3.43. The number of anilines is 1. The molecule has 0 bridgehead atoms. The van der Waals surface area contributed by atoms with Crippen LogP contribution in [0, 0.1) is 0 Å². The van der Waals surface area contributed by atoms with Gasteiger partial charge >= 0.3 is 0 Å². The summed E-state index contributed by atoms with van der Waals surface area (Å²) < 4.78 is 5.35. The molecule has 0 unspecified atom stereocenters. The lowest BCUT2D eigenvalue weighted by atomic mass is 10.1. The Balaban J connectivity index is 1.31. The highest BCUT2D eigenvalue weighted by molar-refractivity contribution is 5.99. The van der Waals surface area contributed by atoms with Gasteiger partial charge in [-0.3, -0.25) is 14.5 Å². The second-order valence-corrected chi connectivity index (χ2v) is 6.95. The normalized spacial score (nSPS) is 17.1. The first-order chi connectivity index (χ1) is 13.7. The van der Waals surface area contributed by atoms with Gasteiger partial charge in [0.2, 0.25) is 0 Å². The first-order valence-corrected chi connectivity index (χ1v) is 9.49. The van der Waals surface area contributed by atoms with Gasteiger partial charge in [-0.25, -0.2) is 0 Å². The van der Waals surface area contributed by atoms with Crippen molar-refractivity contribution in [3.63, 3.8) is 0 Å². The second-order valence-electron chi connectivity index (χ2n) is 6.95. The van der Waals surface area contributed by atoms with E-state index < -0.39 is 0 Å². The van der Waals surface area contributed by atoms with Crippen molar-refractivity contribution in [3.05, 3.63) is 65.7 Å². The minimum atomic E-state index is -0.200. The molecular formula is C22H23N3O3. The molecule has 4 rings (SSSR count). The van der Waals surface area contributed by atoms with E-state index in [0.717, 1.165) is 19.6 Å². The average molecular weight is 377 g/mol. The number of fused-ring (bicyclic) bond motifs is 1. The number of rotatable bonds is 4. The zero-order valence-electron chi connectivity index (χ0n) is 15.6. The Hall–Kier alpha value is -3.12. The summed E-state index contributed by atoms with van der Waals surface area (Å²) in [6.07, 6.45) is 4.29. The molecular weight excluding hydrogens is 354 g/mol. The summed E-state index contributed by atoms with van der Waals surface area (Å²) in [6, 6.07) is 15.4. The average Bonchev–Trinajstić information content (AvgIpc) is 2.74. The number of carbonyl (C=O) groups is 2. The molecule has 1 fully saturated rings. The molecule has 6 nitrogen and oxygen atoms in total. The molecule has 2 heterocycles. The highest BCUT2D eigenvalue weighted by Gasteiger charge is 2.23. The van der Waals surface area contributed by atoms with Crippen molar-refractivity contribution in [3.8, 4) is 5.75 Å². The lowest BCUT2D eigenvalue weighted by Gasteiger charge is -2.34. The molecule has 1 saturated heterocycles. The van der Waals surface area contributed by atoms with Crippen molar-refractivity contribution >= 4 is 23.6 Å². The molecule has 0 aliphatic carbocycles. The van der Waals surface area contributed by atoms with Crippen LogP contribution in [-0.2, 0) is 4.79 Å². The number of benzene rings is 2. The summed E-state index contributed by atoms with van der Waals surface area (Å²) in [5.41, 5.74) is 2.33. The van der Waals surface area contributed by atoms with Crippen LogP contribution in [0.15, 0.2) is 54.6 Å². The maximum absolute atomic E-state index is 12.8. The van der Waals surface area contributed by atoms with Crippen molar-refractivity contribution in [2.45, 2.75) is 0 Å². The van der Waals surface area contributed by atoms with Crippen molar-refractivity contribution in [2.24, 2.45) is 0 Å². The van der Waals surface area contributed by atoms with Crippen LogP contribution in [0.1, 0.15) is 15.9 Å². The number of ether oxygens (including phenoxy) is 1. The molecule has 6 heteroatoms. The number of amides is 2. The van der Waals surface area contributed by atoms with Crippen molar-refractivity contribution in [1.82, 2.24) is 9.80 Å². The number of hydrogen-bond acceptors (Lipinski definition) is 4. The van der Waals surface area contributed by atoms with E-state index in [2.05, 4.69) is 34.5 Å². The summed E-state index contributed by atoms with van der Waals surface area (Å²) in [5.74, 6) is 0.391. The van der Waals surface area contributed by atoms with Gasteiger partial charge in [0.25, 0.3) is 11.8 Å². The quantitative estimate of drug-likeness (QED) is 0.889. The third kappa shape index (κ3) is 4.23. The van der Waals surface area contributed by atoms with Crippen LogP contribution in [0.5, 0.6) is 5.75 Å². The topological polar surface area (TPSA) is 61.9 Å². The molecule has 0 aromatic heterocycles. The molecule has 2 aromatic rings. The maximum atomic E-state index is 12.8. The number of piperazine rings is 1. The predicted molar refractivity (Wildman–Crippen MR) is 108 cm³/mol. The monoisotopic (exact) mass is 377 g/mol. The van der Waals surface area contributed by atoms with E-state index in [-0.39, 0.29) is 18.4 Å². The van der Waals surface area contributed by atoms with E-state index in [1.165, 1.54) is 5.56 Å².